The first kappa shape index (κ1) is 20.4. The molecule has 0 radical (unpaired) electrons. The molecule has 4 rings (SSSR count). The largest absolute Gasteiger partial charge is 0.338 e. The van der Waals surface area contributed by atoms with Gasteiger partial charge >= 0.3 is 0 Å². The Bertz CT molecular complexity index is 935. The van der Waals surface area contributed by atoms with Gasteiger partial charge in [0.25, 0.3) is 0 Å². The fourth-order valence-electron chi connectivity index (χ4n) is 3.63. The van der Waals surface area contributed by atoms with Crippen LogP contribution in [0.3, 0.4) is 0 Å². The molecule has 4 nitrogen and oxygen atoms in total. The van der Waals surface area contributed by atoms with Gasteiger partial charge in [0.1, 0.15) is 10.3 Å². The second kappa shape index (κ2) is 9.31. The van der Waals surface area contributed by atoms with Crippen LogP contribution >= 0.6 is 34.8 Å². The first-order valence-electron chi connectivity index (χ1n) is 9.60. The molecule has 0 amide bonds. The van der Waals surface area contributed by atoms with Crippen LogP contribution < -0.4 is 10.2 Å². The SMILES string of the molecule is Clc1ccc(C(Cc2ccccc2)c2c(Cl)nc(N3CCNCC3)nc2Cl)cc1. The Morgan fingerprint density at radius 1 is 0.862 bits per heavy atom. The van der Waals surface area contributed by atoms with Crippen molar-refractivity contribution in [3.05, 3.63) is 86.6 Å². The number of piperazine rings is 1. The van der Waals surface area contributed by atoms with Gasteiger partial charge in [-0.25, -0.2) is 9.97 Å². The smallest absolute Gasteiger partial charge is 0.228 e. The summed E-state index contributed by atoms with van der Waals surface area (Å²) >= 11 is 19.5. The predicted octanol–water partition coefficient (Wildman–Crippen LogP) is 5.22. The van der Waals surface area contributed by atoms with Crippen molar-refractivity contribution in [3.63, 3.8) is 0 Å². The van der Waals surface area contributed by atoms with Gasteiger partial charge in [0, 0.05) is 42.7 Å². The highest BCUT2D eigenvalue weighted by atomic mass is 35.5. The van der Waals surface area contributed by atoms with Crippen LogP contribution in [0.5, 0.6) is 0 Å². The lowest BCUT2D eigenvalue weighted by Gasteiger charge is -2.28. The third-order valence-corrected chi connectivity index (χ3v) is 5.97. The number of hydrogen-bond donors (Lipinski definition) is 1. The van der Waals surface area contributed by atoms with E-state index in [-0.39, 0.29) is 5.92 Å². The van der Waals surface area contributed by atoms with Crippen molar-refractivity contribution >= 4 is 40.8 Å². The molecular weight excluding hydrogens is 427 g/mol. The number of hydrogen-bond acceptors (Lipinski definition) is 4. The lowest BCUT2D eigenvalue weighted by Crippen LogP contribution is -2.44. The summed E-state index contributed by atoms with van der Waals surface area (Å²) in [5.41, 5.74) is 3.00. The standard InChI is InChI=1S/C22H21Cl3N4/c23-17-8-6-16(7-9-17)18(14-15-4-2-1-3-5-15)19-20(24)27-22(28-21(19)25)29-12-10-26-11-13-29/h1-9,18,26H,10-14H2. The minimum atomic E-state index is -0.0771. The minimum Gasteiger partial charge on any atom is -0.338 e. The zero-order valence-corrected chi connectivity index (χ0v) is 18.1. The summed E-state index contributed by atoms with van der Waals surface area (Å²) in [4.78, 5) is 11.3. The molecule has 0 spiro atoms. The molecule has 1 N–H and O–H groups in total. The van der Waals surface area contributed by atoms with Crippen molar-refractivity contribution in [3.8, 4) is 0 Å². The molecule has 1 aliphatic rings. The summed E-state index contributed by atoms with van der Waals surface area (Å²) in [6, 6.07) is 18.0. The molecule has 0 saturated carbocycles. The van der Waals surface area contributed by atoms with Crippen LogP contribution in [0.25, 0.3) is 0 Å². The summed E-state index contributed by atoms with van der Waals surface area (Å²) < 4.78 is 0. The van der Waals surface area contributed by atoms with E-state index in [2.05, 4.69) is 32.3 Å². The maximum Gasteiger partial charge on any atom is 0.228 e. The molecule has 1 atom stereocenters. The molecule has 7 heteroatoms. The van der Waals surface area contributed by atoms with Crippen LogP contribution in [-0.2, 0) is 6.42 Å². The molecule has 2 aromatic carbocycles. The van der Waals surface area contributed by atoms with Crippen LogP contribution in [-0.4, -0.2) is 36.1 Å². The molecule has 1 aliphatic heterocycles. The Labute approximate surface area is 185 Å². The summed E-state index contributed by atoms with van der Waals surface area (Å²) in [6.45, 7) is 3.44. The summed E-state index contributed by atoms with van der Waals surface area (Å²) in [5, 5.41) is 4.81. The van der Waals surface area contributed by atoms with Gasteiger partial charge in [-0.1, -0.05) is 77.3 Å². The van der Waals surface area contributed by atoms with Crippen LogP contribution in [0.15, 0.2) is 54.6 Å². The summed E-state index contributed by atoms with van der Waals surface area (Å²) in [7, 11) is 0. The Morgan fingerprint density at radius 2 is 1.48 bits per heavy atom. The van der Waals surface area contributed by atoms with Crippen molar-refractivity contribution in [1.29, 1.82) is 0 Å². The Morgan fingerprint density at radius 3 is 2.10 bits per heavy atom. The Hall–Kier alpha value is -1.85. The van der Waals surface area contributed by atoms with E-state index in [4.69, 9.17) is 34.8 Å². The van der Waals surface area contributed by atoms with Gasteiger partial charge in [0.05, 0.1) is 0 Å². The molecule has 150 valence electrons. The second-order valence-corrected chi connectivity index (χ2v) is 8.20. The van der Waals surface area contributed by atoms with Gasteiger partial charge in [0.2, 0.25) is 5.95 Å². The molecule has 1 unspecified atom stereocenters. The third kappa shape index (κ3) is 4.84. The lowest BCUT2D eigenvalue weighted by molar-refractivity contribution is 0.579. The van der Waals surface area contributed by atoms with Gasteiger partial charge < -0.3 is 10.2 Å². The summed E-state index contributed by atoms with van der Waals surface area (Å²) in [6.07, 6.45) is 0.734. The lowest BCUT2D eigenvalue weighted by atomic mass is 9.87. The molecule has 1 saturated heterocycles. The van der Waals surface area contributed by atoms with E-state index < -0.39 is 0 Å². The normalized spacial score (nSPS) is 15.3. The van der Waals surface area contributed by atoms with Gasteiger partial charge in [-0.05, 0) is 29.7 Å². The fraction of sp³-hybridized carbons (Fsp3) is 0.273. The van der Waals surface area contributed by atoms with Gasteiger partial charge in [-0.3, -0.25) is 0 Å². The minimum absolute atomic E-state index is 0.0771. The molecule has 3 aromatic rings. The van der Waals surface area contributed by atoms with E-state index >= 15 is 0 Å². The van der Waals surface area contributed by atoms with E-state index in [0.29, 0.717) is 21.3 Å². The first-order valence-corrected chi connectivity index (χ1v) is 10.7. The molecule has 0 bridgehead atoms. The van der Waals surface area contributed by atoms with Crippen LogP contribution in [0.1, 0.15) is 22.6 Å². The quantitative estimate of drug-likeness (QED) is 0.544. The zero-order valence-electron chi connectivity index (χ0n) is 15.8. The van der Waals surface area contributed by atoms with E-state index in [0.717, 1.165) is 43.7 Å². The van der Waals surface area contributed by atoms with Gasteiger partial charge in [0.15, 0.2) is 0 Å². The average Bonchev–Trinajstić information content (AvgIpc) is 2.74. The molecule has 1 aromatic heterocycles. The average molecular weight is 448 g/mol. The van der Waals surface area contributed by atoms with E-state index in [9.17, 15) is 0 Å². The number of rotatable bonds is 5. The second-order valence-electron chi connectivity index (χ2n) is 7.05. The highest BCUT2D eigenvalue weighted by Crippen LogP contribution is 2.37. The van der Waals surface area contributed by atoms with E-state index in [1.807, 2.05) is 42.5 Å². The van der Waals surface area contributed by atoms with Crippen molar-refractivity contribution in [2.45, 2.75) is 12.3 Å². The van der Waals surface area contributed by atoms with E-state index in [1.54, 1.807) is 0 Å². The van der Waals surface area contributed by atoms with Crippen LogP contribution in [0, 0.1) is 0 Å². The van der Waals surface area contributed by atoms with Crippen molar-refractivity contribution in [1.82, 2.24) is 15.3 Å². The maximum absolute atomic E-state index is 6.69. The van der Waals surface area contributed by atoms with Crippen LogP contribution in [0.2, 0.25) is 15.3 Å². The Kier molecular flexibility index (Phi) is 6.56. The molecule has 2 heterocycles. The number of nitrogens with zero attached hydrogens (tertiary/aromatic N) is 3. The van der Waals surface area contributed by atoms with Gasteiger partial charge in [-0.15, -0.1) is 0 Å². The highest BCUT2D eigenvalue weighted by Gasteiger charge is 2.25. The first-order chi connectivity index (χ1) is 14.1. The molecule has 0 aliphatic carbocycles. The molecular formula is C22H21Cl3N4. The number of anilines is 1. The van der Waals surface area contributed by atoms with Crippen LogP contribution in [0.4, 0.5) is 5.95 Å². The van der Waals surface area contributed by atoms with Crippen molar-refractivity contribution in [2.75, 3.05) is 31.1 Å². The number of benzene rings is 2. The maximum atomic E-state index is 6.69. The zero-order chi connectivity index (χ0) is 20.2. The fourth-order valence-corrected chi connectivity index (χ4v) is 4.40. The monoisotopic (exact) mass is 446 g/mol. The van der Waals surface area contributed by atoms with Gasteiger partial charge in [-0.2, -0.15) is 0 Å². The molecule has 1 fully saturated rings. The van der Waals surface area contributed by atoms with Crippen molar-refractivity contribution in [2.24, 2.45) is 0 Å². The topological polar surface area (TPSA) is 41.1 Å². The third-order valence-electron chi connectivity index (χ3n) is 5.14. The predicted molar refractivity (Wildman–Crippen MR) is 121 cm³/mol. The number of nitrogens with one attached hydrogen (secondary N) is 1. The highest BCUT2D eigenvalue weighted by molar-refractivity contribution is 6.35. The Balaban J connectivity index is 1.74. The number of halogens is 3. The number of aromatic nitrogens is 2. The van der Waals surface area contributed by atoms with E-state index in [1.165, 1.54) is 5.56 Å². The summed E-state index contributed by atoms with van der Waals surface area (Å²) in [5.74, 6) is 0.506. The molecule has 29 heavy (non-hydrogen) atoms. The van der Waals surface area contributed by atoms with Crippen molar-refractivity contribution < 1.29 is 0 Å².